The van der Waals surface area contributed by atoms with Gasteiger partial charge in [0.05, 0.1) is 19.8 Å². The van der Waals surface area contributed by atoms with E-state index in [4.69, 9.17) is 9.47 Å². The largest absolute Gasteiger partial charge is 0.497 e. The van der Waals surface area contributed by atoms with Gasteiger partial charge in [0.2, 0.25) is 0 Å². The second-order valence-corrected chi connectivity index (χ2v) is 3.82. The lowest BCUT2D eigenvalue weighted by Crippen LogP contribution is -2.02. The third kappa shape index (κ3) is 2.50. The molecule has 1 aromatic rings. The molecule has 0 aliphatic rings. The fourth-order valence-corrected chi connectivity index (χ4v) is 1.93. The molecule has 0 radical (unpaired) electrons. The number of Topliss-reactive ketones (excluding diaryl/α,β-unsaturated/α-hetero) is 1. The van der Waals surface area contributed by atoms with Crippen LogP contribution in [0.15, 0.2) is 16.6 Å². The molecule has 0 saturated heterocycles. The first-order chi connectivity index (χ1) is 7.13. The smallest absolute Gasteiger partial charge is 0.167 e. The van der Waals surface area contributed by atoms with Crippen LogP contribution in [-0.4, -0.2) is 20.0 Å². The fourth-order valence-electron chi connectivity index (χ4n) is 1.28. The van der Waals surface area contributed by atoms with E-state index >= 15 is 0 Å². The standard InChI is InChI=1S/C11H13BrO3/c1-4-9(13)11-8(12)5-7(14-2)6-10(11)15-3/h5-6H,4H2,1-3H3. The summed E-state index contributed by atoms with van der Waals surface area (Å²) in [6.45, 7) is 1.82. The third-order valence-corrected chi connectivity index (χ3v) is 2.71. The van der Waals surface area contributed by atoms with Crippen molar-refractivity contribution in [1.82, 2.24) is 0 Å². The van der Waals surface area contributed by atoms with E-state index in [1.165, 1.54) is 7.11 Å². The molecule has 0 spiro atoms. The van der Waals surface area contributed by atoms with Crippen molar-refractivity contribution in [3.05, 3.63) is 22.2 Å². The topological polar surface area (TPSA) is 35.5 Å². The molecule has 0 amide bonds. The van der Waals surface area contributed by atoms with Crippen LogP contribution in [0.5, 0.6) is 11.5 Å². The van der Waals surface area contributed by atoms with Crippen molar-refractivity contribution in [1.29, 1.82) is 0 Å². The molecule has 0 atom stereocenters. The van der Waals surface area contributed by atoms with Gasteiger partial charge >= 0.3 is 0 Å². The summed E-state index contributed by atoms with van der Waals surface area (Å²) in [4.78, 5) is 11.7. The number of methoxy groups -OCH3 is 2. The minimum atomic E-state index is 0.0429. The van der Waals surface area contributed by atoms with Gasteiger partial charge in [-0.05, 0) is 22.0 Å². The van der Waals surface area contributed by atoms with Crippen molar-refractivity contribution < 1.29 is 14.3 Å². The predicted octanol–water partition coefficient (Wildman–Crippen LogP) is 3.06. The molecule has 0 aliphatic carbocycles. The van der Waals surface area contributed by atoms with Gasteiger partial charge in [0, 0.05) is 17.0 Å². The Morgan fingerprint density at radius 1 is 1.33 bits per heavy atom. The molecule has 82 valence electrons. The molecule has 1 rings (SSSR count). The maximum absolute atomic E-state index is 11.7. The van der Waals surface area contributed by atoms with Crippen molar-refractivity contribution in [2.45, 2.75) is 13.3 Å². The van der Waals surface area contributed by atoms with Gasteiger partial charge in [0.1, 0.15) is 11.5 Å². The Kier molecular flexibility index (Phi) is 4.15. The first kappa shape index (κ1) is 12.0. The summed E-state index contributed by atoms with van der Waals surface area (Å²) in [5, 5.41) is 0. The number of halogens is 1. The van der Waals surface area contributed by atoms with Crippen molar-refractivity contribution >= 4 is 21.7 Å². The van der Waals surface area contributed by atoms with Crippen LogP contribution in [-0.2, 0) is 0 Å². The molecular weight excluding hydrogens is 260 g/mol. The van der Waals surface area contributed by atoms with Crippen molar-refractivity contribution in [2.24, 2.45) is 0 Å². The lowest BCUT2D eigenvalue weighted by molar-refractivity contribution is 0.0984. The molecule has 0 bridgehead atoms. The van der Waals surface area contributed by atoms with Gasteiger partial charge in [-0.25, -0.2) is 0 Å². The van der Waals surface area contributed by atoms with Crippen LogP contribution >= 0.6 is 15.9 Å². The molecule has 0 heterocycles. The zero-order valence-corrected chi connectivity index (χ0v) is 10.6. The fraction of sp³-hybridized carbons (Fsp3) is 0.364. The van der Waals surface area contributed by atoms with Gasteiger partial charge in [-0.2, -0.15) is 0 Å². The van der Waals surface area contributed by atoms with E-state index < -0.39 is 0 Å². The van der Waals surface area contributed by atoms with Crippen LogP contribution in [0.2, 0.25) is 0 Å². The summed E-state index contributed by atoms with van der Waals surface area (Å²) in [7, 11) is 3.11. The Morgan fingerprint density at radius 3 is 2.47 bits per heavy atom. The molecule has 1 aromatic carbocycles. The first-order valence-corrected chi connectivity index (χ1v) is 5.38. The number of carbonyl (C=O) groups excluding carboxylic acids is 1. The van der Waals surface area contributed by atoms with E-state index in [1.54, 1.807) is 19.2 Å². The second kappa shape index (κ2) is 5.16. The monoisotopic (exact) mass is 272 g/mol. The number of carbonyl (C=O) groups is 1. The highest BCUT2D eigenvalue weighted by atomic mass is 79.9. The maximum atomic E-state index is 11.7. The second-order valence-electron chi connectivity index (χ2n) is 2.96. The molecule has 4 heteroatoms. The SMILES string of the molecule is CCC(=O)c1c(Br)cc(OC)cc1OC. The molecule has 0 aliphatic heterocycles. The Labute approximate surface area is 97.5 Å². The van der Waals surface area contributed by atoms with Crippen molar-refractivity contribution in [3.8, 4) is 11.5 Å². The minimum absolute atomic E-state index is 0.0429. The Bertz CT molecular complexity index is 374. The number of hydrogen-bond donors (Lipinski definition) is 0. The summed E-state index contributed by atoms with van der Waals surface area (Å²) in [6, 6.07) is 3.46. The first-order valence-electron chi connectivity index (χ1n) is 4.58. The van der Waals surface area contributed by atoms with Crippen molar-refractivity contribution in [2.75, 3.05) is 14.2 Å². The van der Waals surface area contributed by atoms with Crippen LogP contribution in [0.25, 0.3) is 0 Å². The minimum Gasteiger partial charge on any atom is -0.497 e. The van der Waals surface area contributed by atoms with E-state index in [-0.39, 0.29) is 5.78 Å². The normalized spacial score (nSPS) is 9.87. The lowest BCUT2D eigenvalue weighted by atomic mass is 10.1. The van der Waals surface area contributed by atoms with Crippen LogP contribution in [0.4, 0.5) is 0 Å². The maximum Gasteiger partial charge on any atom is 0.167 e. The third-order valence-electron chi connectivity index (χ3n) is 2.08. The van der Waals surface area contributed by atoms with Gasteiger partial charge in [-0.1, -0.05) is 6.92 Å². The molecule has 0 fully saturated rings. The Hall–Kier alpha value is -1.03. The van der Waals surface area contributed by atoms with E-state index in [1.807, 2.05) is 6.92 Å². The molecule has 15 heavy (non-hydrogen) atoms. The number of rotatable bonds is 4. The van der Waals surface area contributed by atoms with Crippen LogP contribution in [0.3, 0.4) is 0 Å². The van der Waals surface area contributed by atoms with E-state index in [9.17, 15) is 4.79 Å². The molecule has 0 saturated carbocycles. The predicted molar refractivity (Wildman–Crippen MR) is 61.9 cm³/mol. The number of ketones is 1. The Balaban J connectivity index is 3.30. The van der Waals surface area contributed by atoms with E-state index in [0.717, 1.165) is 0 Å². The summed E-state index contributed by atoms with van der Waals surface area (Å²) in [5.74, 6) is 1.24. The average molecular weight is 273 g/mol. The van der Waals surface area contributed by atoms with E-state index in [0.29, 0.717) is 28.0 Å². The van der Waals surface area contributed by atoms with Gasteiger partial charge < -0.3 is 9.47 Å². The van der Waals surface area contributed by atoms with Gasteiger partial charge in [0.15, 0.2) is 5.78 Å². The molecule has 0 N–H and O–H groups in total. The van der Waals surface area contributed by atoms with Gasteiger partial charge in [-0.3, -0.25) is 4.79 Å². The zero-order valence-electron chi connectivity index (χ0n) is 8.96. The average Bonchev–Trinajstić information content (AvgIpc) is 2.26. The highest BCUT2D eigenvalue weighted by molar-refractivity contribution is 9.10. The lowest BCUT2D eigenvalue weighted by Gasteiger charge is -2.11. The van der Waals surface area contributed by atoms with Crippen LogP contribution in [0, 0.1) is 0 Å². The molecular formula is C11H13BrO3. The quantitative estimate of drug-likeness (QED) is 0.791. The Morgan fingerprint density at radius 2 is 2.00 bits per heavy atom. The summed E-state index contributed by atoms with van der Waals surface area (Å²) in [5.41, 5.74) is 0.570. The summed E-state index contributed by atoms with van der Waals surface area (Å²) < 4.78 is 10.9. The summed E-state index contributed by atoms with van der Waals surface area (Å²) in [6.07, 6.45) is 0.446. The highest BCUT2D eigenvalue weighted by Crippen LogP contribution is 2.33. The molecule has 3 nitrogen and oxygen atoms in total. The van der Waals surface area contributed by atoms with Crippen LogP contribution in [0.1, 0.15) is 23.7 Å². The van der Waals surface area contributed by atoms with Gasteiger partial charge in [0.25, 0.3) is 0 Å². The molecule has 0 aromatic heterocycles. The van der Waals surface area contributed by atoms with Gasteiger partial charge in [-0.15, -0.1) is 0 Å². The highest BCUT2D eigenvalue weighted by Gasteiger charge is 2.16. The summed E-state index contributed by atoms with van der Waals surface area (Å²) >= 11 is 3.34. The van der Waals surface area contributed by atoms with Crippen molar-refractivity contribution in [3.63, 3.8) is 0 Å². The van der Waals surface area contributed by atoms with E-state index in [2.05, 4.69) is 15.9 Å². The number of hydrogen-bond acceptors (Lipinski definition) is 3. The molecule has 0 unspecified atom stereocenters. The zero-order chi connectivity index (χ0) is 11.4. The number of benzene rings is 1. The van der Waals surface area contributed by atoms with Crippen LogP contribution < -0.4 is 9.47 Å². The number of ether oxygens (including phenoxy) is 2.